The second-order valence-electron chi connectivity index (χ2n) is 7.71. The van der Waals surface area contributed by atoms with Crippen LogP contribution in [0.2, 0.25) is 0 Å². The summed E-state index contributed by atoms with van der Waals surface area (Å²) < 4.78 is 7.28. The van der Waals surface area contributed by atoms with E-state index in [1.807, 2.05) is 97.3 Å². The Morgan fingerprint density at radius 1 is 1.00 bits per heavy atom. The van der Waals surface area contributed by atoms with Crippen LogP contribution < -0.4 is 10.1 Å². The second kappa shape index (κ2) is 10.4. The molecular weight excluding hydrogens is 432 g/mol. The van der Waals surface area contributed by atoms with E-state index in [2.05, 4.69) is 15.5 Å². The zero-order chi connectivity index (χ0) is 23.2. The first kappa shape index (κ1) is 22.6. The van der Waals surface area contributed by atoms with E-state index in [1.165, 1.54) is 11.8 Å². The molecule has 0 saturated carbocycles. The Bertz CT molecular complexity index is 1210. The molecule has 1 unspecified atom stereocenters. The highest BCUT2D eigenvalue weighted by Gasteiger charge is 2.21. The molecule has 6 nitrogen and oxygen atoms in total. The number of nitrogens with one attached hydrogen (secondary N) is 1. The van der Waals surface area contributed by atoms with Gasteiger partial charge in [-0.05, 0) is 55.8 Å². The lowest BCUT2D eigenvalue weighted by Crippen LogP contribution is -2.23. The molecule has 1 N–H and O–H groups in total. The Labute approximate surface area is 198 Å². The van der Waals surface area contributed by atoms with Crippen LogP contribution in [0.4, 0.5) is 5.69 Å². The predicted molar refractivity (Wildman–Crippen MR) is 132 cm³/mol. The first-order valence-electron chi connectivity index (χ1n) is 10.7. The summed E-state index contributed by atoms with van der Waals surface area (Å²) in [6, 6.07) is 25.6. The fourth-order valence-electron chi connectivity index (χ4n) is 3.35. The molecule has 4 rings (SSSR count). The maximum atomic E-state index is 12.8. The zero-order valence-corrected chi connectivity index (χ0v) is 19.7. The van der Waals surface area contributed by atoms with Crippen molar-refractivity contribution in [2.75, 3.05) is 12.4 Å². The van der Waals surface area contributed by atoms with E-state index in [9.17, 15) is 4.79 Å². The molecule has 1 aromatic heterocycles. The van der Waals surface area contributed by atoms with Gasteiger partial charge in [0.05, 0.1) is 12.4 Å². The molecule has 0 spiro atoms. The number of hydrogen-bond donors (Lipinski definition) is 1. The number of carbonyl (C=O) groups excluding carboxylic acids is 1. The van der Waals surface area contributed by atoms with E-state index in [4.69, 9.17) is 4.74 Å². The summed E-state index contributed by atoms with van der Waals surface area (Å²) in [5.74, 6) is 1.54. The van der Waals surface area contributed by atoms with Crippen LogP contribution in [-0.2, 0) is 11.2 Å². The molecule has 1 atom stereocenters. The van der Waals surface area contributed by atoms with Crippen LogP contribution in [0.25, 0.3) is 5.69 Å². The Morgan fingerprint density at radius 2 is 1.70 bits per heavy atom. The molecule has 33 heavy (non-hydrogen) atoms. The first-order valence-corrected chi connectivity index (χ1v) is 11.6. The number of benzene rings is 3. The van der Waals surface area contributed by atoms with Gasteiger partial charge < -0.3 is 10.1 Å². The van der Waals surface area contributed by atoms with E-state index >= 15 is 0 Å². The number of hydrogen-bond acceptors (Lipinski definition) is 5. The summed E-state index contributed by atoms with van der Waals surface area (Å²) in [5.41, 5.74) is 3.99. The lowest BCUT2D eigenvalue weighted by Gasteiger charge is -2.14. The standard InChI is InChI=1S/C26H26N4O2S/c1-18-9-13-21(14-10-18)27-25(31)19(2)33-26-29-28-24(30(26)22-7-5-4-6-8-22)17-20-11-15-23(32-3)16-12-20/h4-16,19H,17H2,1-3H3,(H,27,31). The predicted octanol–water partition coefficient (Wildman–Crippen LogP) is 5.29. The van der Waals surface area contributed by atoms with Crippen LogP contribution in [0.5, 0.6) is 5.75 Å². The average Bonchev–Trinajstić information content (AvgIpc) is 3.23. The molecule has 0 aliphatic rings. The minimum atomic E-state index is -0.355. The monoisotopic (exact) mass is 458 g/mol. The van der Waals surface area contributed by atoms with Crippen molar-refractivity contribution in [1.82, 2.24) is 14.8 Å². The van der Waals surface area contributed by atoms with Gasteiger partial charge in [-0.2, -0.15) is 0 Å². The second-order valence-corrected chi connectivity index (χ2v) is 9.02. The van der Waals surface area contributed by atoms with E-state index in [0.29, 0.717) is 11.6 Å². The molecule has 0 aliphatic heterocycles. The van der Waals surface area contributed by atoms with Gasteiger partial charge >= 0.3 is 0 Å². The number of anilines is 1. The van der Waals surface area contributed by atoms with Crippen molar-refractivity contribution in [1.29, 1.82) is 0 Å². The van der Waals surface area contributed by atoms with Gasteiger partial charge in [-0.3, -0.25) is 9.36 Å². The molecule has 0 aliphatic carbocycles. The minimum absolute atomic E-state index is 0.0804. The van der Waals surface area contributed by atoms with Gasteiger partial charge in [0.15, 0.2) is 5.16 Å². The largest absolute Gasteiger partial charge is 0.497 e. The van der Waals surface area contributed by atoms with Crippen LogP contribution in [-0.4, -0.2) is 33.0 Å². The third-order valence-electron chi connectivity index (χ3n) is 5.21. The third-order valence-corrected chi connectivity index (χ3v) is 6.25. The molecule has 1 amide bonds. The van der Waals surface area contributed by atoms with E-state index < -0.39 is 0 Å². The topological polar surface area (TPSA) is 69.0 Å². The Morgan fingerprint density at radius 3 is 2.36 bits per heavy atom. The lowest BCUT2D eigenvalue weighted by atomic mass is 10.1. The number of carbonyl (C=O) groups is 1. The molecule has 168 valence electrons. The maximum Gasteiger partial charge on any atom is 0.237 e. The summed E-state index contributed by atoms with van der Waals surface area (Å²) in [7, 11) is 1.65. The Balaban J connectivity index is 1.56. The van der Waals surface area contributed by atoms with Crippen LogP contribution in [0.1, 0.15) is 23.9 Å². The maximum absolute atomic E-state index is 12.8. The minimum Gasteiger partial charge on any atom is -0.497 e. The summed E-state index contributed by atoms with van der Waals surface area (Å²) in [5, 5.41) is 12.2. The highest BCUT2D eigenvalue weighted by molar-refractivity contribution is 8.00. The molecule has 0 radical (unpaired) electrons. The van der Waals surface area contributed by atoms with Gasteiger partial charge in [-0.15, -0.1) is 10.2 Å². The van der Waals surface area contributed by atoms with E-state index in [-0.39, 0.29) is 11.2 Å². The summed E-state index contributed by atoms with van der Waals surface area (Å²) in [6.07, 6.45) is 0.608. The Hall–Kier alpha value is -3.58. The van der Waals surface area contributed by atoms with Crippen molar-refractivity contribution in [2.45, 2.75) is 30.7 Å². The number of para-hydroxylation sites is 1. The normalized spacial score (nSPS) is 11.7. The highest BCUT2D eigenvalue weighted by atomic mass is 32.2. The van der Waals surface area contributed by atoms with Crippen molar-refractivity contribution in [3.8, 4) is 11.4 Å². The van der Waals surface area contributed by atoms with Crippen molar-refractivity contribution < 1.29 is 9.53 Å². The van der Waals surface area contributed by atoms with Crippen molar-refractivity contribution in [3.05, 3.63) is 95.8 Å². The molecule has 1 heterocycles. The van der Waals surface area contributed by atoms with Gasteiger partial charge in [0.25, 0.3) is 0 Å². The van der Waals surface area contributed by atoms with Crippen LogP contribution in [0.15, 0.2) is 84.0 Å². The number of nitrogens with zero attached hydrogens (tertiary/aromatic N) is 3. The summed E-state index contributed by atoms with van der Waals surface area (Å²) in [6.45, 7) is 3.89. The van der Waals surface area contributed by atoms with Gasteiger partial charge in [0, 0.05) is 17.8 Å². The number of rotatable bonds is 8. The van der Waals surface area contributed by atoms with Crippen LogP contribution >= 0.6 is 11.8 Å². The number of aromatic nitrogens is 3. The van der Waals surface area contributed by atoms with Gasteiger partial charge in [-0.1, -0.05) is 59.8 Å². The number of amides is 1. The van der Waals surface area contributed by atoms with E-state index in [1.54, 1.807) is 7.11 Å². The van der Waals surface area contributed by atoms with Gasteiger partial charge in [0.1, 0.15) is 11.6 Å². The molecular formula is C26H26N4O2S. The molecule has 0 saturated heterocycles. The van der Waals surface area contributed by atoms with Crippen LogP contribution in [0.3, 0.4) is 0 Å². The smallest absolute Gasteiger partial charge is 0.237 e. The highest BCUT2D eigenvalue weighted by Crippen LogP contribution is 2.27. The fraction of sp³-hybridized carbons (Fsp3) is 0.192. The summed E-state index contributed by atoms with van der Waals surface area (Å²) in [4.78, 5) is 12.8. The van der Waals surface area contributed by atoms with Crippen LogP contribution in [0, 0.1) is 6.92 Å². The quantitative estimate of drug-likeness (QED) is 0.363. The fourth-order valence-corrected chi connectivity index (χ4v) is 4.23. The molecule has 4 aromatic rings. The van der Waals surface area contributed by atoms with Crippen molar-refractivity contribution >= 4 is 23.4 Å². The molecule has 0 bridgehead atoms. The SMILES string of the molecule is COc1ccc(Cc2nnc(SC(C)C(=O)Nc3ccc(C)cc3)n2-c2ccccc2)cc1. The molecule has 0 fully saturated rings. The number of thioether (sulfide) groups is 1. The van der Waals surface area contributed by atoms with E-state index in [0.717, 1.165) is 34.1 Å². The van der Waals surface area contributed by atoms with Gasteiger partial charge in [0.2, 0.25) is 5.91 Å². The van der Waals surface area contributed by atoms with Crippen molar-refractivity contribution in [3.63, 3.8) is 0 Å². The molecule has 7 heteroatoms. The Kier molecular flexibility index (Phi) is 7.10. The average molecular weight is 459 g/mol. The molecule has 3 aromatic carbocycles. The van der Waals surface area contributed by atoms with Gasteiger partial charge in [-0.25, -0.2) is 0 Å². The summed E-state index contributed by atoms with van der Waals surface area (Å²) >= 11 is 1.39. The lowest BCUT2D eigenvalue weighted by molar-refractivity contribution is -0.115. The number of ether oxygens (including phenoxy) is 1. The first-order chi connectivity index (χ1) is 16.0. The number of aryl methyl sites for hydroxylation is 1. The third kappa shape index (κ3) is 5.62. The number of methoxy groups -OCH3 is 1. The van der Waals surface area contributed by atoms with Crippen molar-refractivity contribution in [2.24, 2.45) is 0 Å². The zero-order valence-electron chi connectivity index (χ0n) is 18.9.